The molecular weight excluding hydrogens is 180 g/mol. The molecule has 76 valence electrons. The lowest BCUT2D eigenvalue weighted by Crippen LogP contribution is -2.04. The van der Waals surface area contributed by atoms with Gasteiger partial charge in [0.05, 0.1) is 18.9 Å². The number of hydrogen-bond acceptors (Lipinski definition) is 4. The molecule has 1 aliphatic carbocycles. The lowest BCUT2D eigenvalue weighted by molar-refractivity contribution is 0.276. The van der Waals surface area contributed by atoms with Gasteiger partial charge in [-0.15, -0.1) is 0 Å². The average molecular weight is 194 g/mol. The van der Waals surface area contributed by atoms with Gasteiger partial charge in [0.2, 0.25) is 0 Å². The smallest absolute Gasteiger partial charge is 0.257 e. The first kappa shape index (κ1) is 9.27. The summed E-state index contributed by atoms with van der Waals surface area (Å²) in [5, 5.41) is 0. The molecule has 0 spiro atoms. The standard InChI is InChI=1S/C10H14N2O2/c1-13-10-9(14-8-3-4-8)5-2-7(6-11)12-10/h2,5,8H,3-4,6,11H2,1H3. The van der Waals surface area contributed by atoms with Crippen LogP contribution in [-0.2, 0) is 6.54 Å². The first-order valence-electron chi connectivity index (χ1n) is 4.74. The van der Waals surface area contributed by atoms with E-state index >= 15 is 0 Å². The monoisotopic (exact) mass is 194 g/mol. The van der Waals surface area contributed by atoms with E-state index in [9.17, 15) is 0 Å². The van der Waals surface area contributed by atoms with Crippen LogP contribution in [0.2, 0.25) is 0 Å². The number of rotatable bonds is 4. The normalized spacial score (nSPS) is 15.3. The zero-order chi connectivity index (χ0) is 9.97. The van der Waals surface area contributed by atoms with Crippen LogP contribution in [0.25, 0.3) is 0 Å². The molecule has 0 unspecified atom stereocenters. The van der Waals surface area contributed by atoms with Crippen molar-refractivity contribution < 1.29 is 9.47 Å². The lowest BCUT2D eigenvalue weighted by Gasteiger charge is -2.09. The second-order valence-electron chi connectivity index (χ2n) is 3.33. The quantitative estimate of drug-likeness (QED) is 0.779. The Bertz CT molecular complexity index is 324. The summed E-state index contributed by atoms with van der Waals surface area (Å²) in [7, 11) is 1.59. The van der Waals surface area contributed by atoms with Crippen molar-refractivity contribution in [1.29, 1.82) is 0 Å². The fraction of sp³-hybridized carbons (Fsp3) is 0.500. The fourth-order valence-corrected chi connectivity index (χ4v) is 1.18. The summed E-state index contributed by atoms with van der Waals surface area (Å²) < 4.78 is 10.7. The van der Waals surface area contributed by atoms with E-state index < -0.39 is 0 Å². The van der Waals surface area contributed by atoms with Gasteiger partial charge in [-0.2, -0.15) is 0 Å². The molecule has 1 aromatic rings. The van der Waals surface area contributed by atoms with Crippen molar-refractivity contribution in [2.24, 2.45) is 5.73 Å². The summed E-state index contributed by atoms with van der Waals surface area (Å²) in [6.07, 6.45) is 2.61. The number of methoxy groups -OCH3 is 1. The number of hydrogen-bond donors (Lipinski definition) is 1. The molecule has 0 atom stereocenters. The highest BCUT2D eigenvalue weighted by Crippen LogP contribution is 2.32. The molecule has 4 nitrogen and oxygen atoms in total. The van der Waals surface area contributed by atoms with Crippen LogP contribution in [-0.4, -0.2) is 18.2 Å². The first-order chi connectivity index (χ1) is 6.83. The molecule has 14 heavy (non-hydrogen) atoms. The van der Waals surface area contributed by atoms with E-state index in [2.05, 4.69) is 4.98 Å². The van der Waals surface area contributed by atoms with Gasteiger partial charge in [-0.05, 0) is 25.0 Å². The van der Waals surface area contributed by atoms with Crippen molar-refractivity contribution in [2.75, 3.05) is 7.11 Å². The maximum Gasteiger partial charge on any atom is 0.257 e. The SMILES string of the molecule is COc1nc(CN)ccc1OC1CC1. The molecule has 0 radical (unpaired) electrons. The Morgan fingerprint density at radius 2 is 2.29 bits per heavy atom. The predicted molar refractivity (Wildman–Crippen MR) is 52.3 cm³/mol. The van der Waals surface area contributed by atoms with E-state index in [1.54, 1.807) is 7.11 Å². The Balaban J connectivity index is 2.19. The highest BCUT2D eigenvalue weighted by molar-refractivity contribution is 5.35. The molecule has 0 aromatic carbocycles. The third-order valence-corrected chi connectivity index (χ3v) is 2.10. The minimum Gasteiger partial charge on any atom is -0.485 e. The summed E-state index contributed by atoms with van der Waals surface area (Å²) in [4.78, 5) is 4.22. The second-order valence-corrected chi connectivity index (χ2v) is 3.33. The predicted octanol–water partition coefficient (Wildman–Crippen LogP) is 1.09. The zero-order valence-corrected chi connectivity index (χ0v) is 8.19. The van der Waals surface area contributed by atoms with Crippen LogP contribution in [0.3, 0.4) is 0 Å². The highest BCUT2D eigenvalue weighted by atomic mass is 16.5. The first-order valence-corrected chi connectivity index (χ1v) is 4.74. The molecule has 1 heterocycles. The van der Waals surface area contributed by atoms with E-state index in [1.807, 2.05) is 12.1 Å². The van der Waals surface area contributed by atoms with Crippen LogP contribution in [0, 0.1) is 0 Å². The van der Waals surface area contributed by atoms with Gasteiger partial charge in [0.15, 0.2) is 5.75 Å². The summed E-state index contributed by atoms with van der Waals surface area (Å²) in [5.74, 6) is 1.24. The molecule has 1 fully saturated rings. The van der Waals surface area contributed by atoms with Gasteiger partial charge in [-0.3, -0.25) is 0 Å². The molecule has 4 heteroatoms. The van der Waals surface area contributed by atoms with Crippen LogP contribution in [0.4, 0.5) is 0 Å². The van der Waals surface area contributed by atoms with E-state index in [4.69, 9.17) is 15.2 Å². The number of pyridine rings is 1. The molecule has 0 bridgehead atoms. The molecule has 2 rings (SSSR count). The van der Waals surface area contributed by atoms with Gasteiger partial charge >= 0.3 is 0 Å². The molecule has 1 saturated carbocycles. The Hall–Kier alpha value is -1.29. The summed E-state index contributed by atoms with van der Waals surface area (Å²) in [6, 6.07) is 3.73. The Morgan fingerprint density at radius 3 is 2.86 bits per heavy atom. The van der Waals surface area contributed by atoms with Crippen molar-refractivity contribution in [3.8, 4) is 11.6 Å². The van der Waals surface area contributed by atoms with E-state index in [0.29, 0.717) is 24.3 Å². The highest BCUT2D eigenvalue weighted by Gasteiger charge is 2.25. The van der Waals surface area contributed by atoms with Crippen molar-refractivity contribution in [3.63, 3.8) is 0 Å². The minimum atomic E-state index is 0.356. The van der Waals surface area contributed by atoms with Crippen molar-refractivity contribution in [2.45, 2.75) is 25.5 Å². The van der Waals surface area contributed by atoms with Crippen molar-refractivity contribution in [1.82, 2.24) is 4.98 Å². The minimum absolute atomic E-state index is 0.356. The summed E-state index contributed by atoms with van der Waals surface area (Å²) >= 11 is 0. The molecule has 0 amide bonds. The maximum absolute atomic E-state index is 5.62. The van der Waals surface area contributed by atoms with Crippen LogP contribution in [0.1, 0.15) is 18.5 Å². The van der Waals surface area contributed by atoms with Gasteiger partial charge in [0, 0.05) is 6.54 Å². The van der Waals surface area contributed by atoms with E-state index in [-0.39, 0.29) is 0 Å². The summed E-state index contributed by atoms with van der Waals surface area (Å²) in [6.45, 7) is 0.417. The van der Waals surface area contributed by atoms with Crippen LogP contribution in [0.5, 0.6) is 11.6 Å². The maximum atomic E-state index is 5.62. The van der Waals surface area contributed by atoms with Gasteiger partial charge < -0.3 is 15.2 Å². The Morgan fingerprint density at radius 1 is 1.50 bits per heavy atom. The number of nitrogens with zero attached hydrogens (tertiary/aromatic N) is 1. The largest absolute Gasteiger partial charge is 0.485 e. The van der Waals surface area contributed by atoms with Crippen LogP contribution < -0.4 is 15.2 Å². The third-order valence-electron chi connectivity index (χ3n) is 2.10. The lowest BCUT2D eigenvalue weighted by atomic mass is 10.3. The van der Waals surface area contributed by atoms with Gasteiger partial charge in [0.1, 0.15) is 0 Å². The average Bonchev–Trinajstić information content (AvgIpc) is 3.02. The molecule has 0 aliphatic heterocycles. The second kappa shape index (κ2) is 3.84. The Kier molecular flexibility index (Phi) is 2.54. The van der Waals surface area contributed by atoms with Crippen molar-refractivity contribution in [3.05, 3.63) is 17.8 Å². The topological polar surface area (TPSA) is 57.4 Å². The molecule has 0 saturated heterocycles. The number of aromatic nitrogens is 1. The van der Waals surface area contributed by atoms with Crippen molar-refractivity contribution >= 4 is 0 Å². The van der Waals surface area contributed by atoms with Gasteiger partial charge in [-0.25, -0.2) is 4.98 Å². The zero-order valence-electron chi connectivity index (χ0n) is 8.19. The van der Waals surface area contributed by atoms with E-state index in [1.165, 1.54) is 0 Å². The number of nitrogens with two attached hydrogens (primary N) is 1. The van der Waals surface area contributed by atoms with E-state index in [0.717, 1.165) is 18.5 Å². The van der Waals surface area contributed by atoms with Gasteiger partial charge in [-0.1, -0.05) is 0 Å². The molecule has 1 aliphatic rings. The summed E-state index contributed by atoms with van der Waals surface area (Å²) in [5.41, 5.74) is 6.29. The molecule has 2 N–H and O–H groups in total. The fourth-order valence-electron chi connectivity index (χ4n) is 1.18. The van der Waals surface area contributed by atoms with Gasteiger partial charge in [0.25, 0.3) is 5.88 Å². The number of ether oxygens (including phenoxy) is 2. The molecule has 1 aromatic heterocycles. The third kappa shape index (κ3) is 1.96. The molecular formula is C10H14N2O2. The Labute approximate surface area is 83.0 Å². The van der Waals surface area contributed by atoms with Crippen LogP contribution in [0.15, 0.2) is 12.1 Å². The van der Waals surface area contributed by atoms with Crippen LogP contribution >= 0.6 is 0 Å².